The fourth-order valence-corrected chi connectivity index (χ4v) is 2.46. The number of carbonyl (C=O) groups excluding carboxylic acids is 1. The Morgan fingerprint density at radius 1 is 1.33 bits per heavy atom. The summed E-state index contributed by atoms with van der Waals surface area (Å²) in [6.07, 6.45) is 1.36. The highest BCUT2D eigenvalue weighted by molar-refractivity contribution is 6.33. The minimum absolute atomic E-state index is 0.139. The van der Waals surface area contributed by atoms with Gasteiger partial charge in [0.25, 0.3) is 0 Å². The van der Waals surface area contributed by atoms with Gasteiger partial charge >= 0.3 is 5.97 Å². The largest absolute Gasteiger partial charge is 0.494 e. The molecule has 3 rings (SSSR count). The summed E-state index contributed by atoms with van der Waals surface area (Å²) in [7, 11) is 1.28. The number of H-pyrrole nitrogens is 1. The van der Waals surface area contributed by atoms with Gasteiger partial charge in [-0.05, 0) is 36.4 Å². The number of hydrogen-bond acceptors (Lipinski definition) is 4. The van der Waals surface area contributed by atoms with Gasteiger partial charge in [0.2, 0.25) is 0 Å². The van der Waals surface area contributed by atoms with Crippen LogP contribution in [-0.2, 0) is 4.74 Å². The minimum Gasteiger partial charge on any atom is -0.494 e. The summed E-state index contributed by atoms with van der Waals surface area (Å²) in [4.78, 5) is 18.5. The molecule has 1 heterocycles. The predicted molar refractivity (Wildman–Crippen MR) is 90.0 cm³/mol. The Kier molecular flexibility index (Phi) is 4.22. The fourth-order valence-electron chi connectivity index (χ4n) is 2.29. The van der Waals surface area contributed by atoms with E-state index in [2.05, 4.69) is 14.7 Å². The van der Waals surface area contributed by atoms with Gasteiger partial charge in [0, 0.05) is 17.1 Å². The highest BCUT2D eigenvalue weighted by Gasteiger charge is 2.11. The molecule has 0 amide bonds. The number of carbonyl (C=O) groups is 1. The lowest BCUT2D eigenvalue weighted by atomic mass is 10.1. The molecule has 2 aromatic carbocycles. The van der Waals surface area contributed by atoms with E-state index in [1.807, 2.05) is 0 Å². The molecule has 122 valence electrons. The average Bonchev–Trinajstić information content (AvgIpc) is 2.88. The van der Waals surface area contributed by atoms with Gasteiger partial charge in [-0.25, -0.2) is 9.18 Å². The highest BCUT2D eigenvalue weighted by Crippen LogP contribution is 2.29. The molecule has 2 N–H and O–H groups in total. The van der Waals surface area contributed by atoms with E-state index >= 15 is 0 Å². The third-order valence-corrected chi connectivity index (χ3v) is 3.80. The summed E-state index contributed by atoms with van der Waals surface area (Å²) < 4.78 is 18.1. The van der Waals surface area contributed by atoms with Crippen molar-refractivity contribution in [2.24, 2.45) is 4.99 Å². The van der Waals surface area contributed by atoms with Gasteiger partial charge in [-0.3, -0.25) is 4.99 Å². The second kappa shape index (κ2) is 6.33. The van der Waals surface area contributed by atoms with Gasteiger partial charge in [0.15, 0.2) is 5.88 Å². The summed E-state index contributed by atoms with van der Waals surface area (Å²) in [5.41, 5.74) is 1.52. The van der Waals surface area contributed by atoms with Gasteiger partial charge < -0.3 is 14.8 Å². The summed E-state index contributed by atoms with van der Waals surface area (Å²) in [5, 5.41) is 10.8. The molecule has 0 radical (unpaired) electrons. The fraction of sp³-hybridized carbons (Fsp3) is 0.0588. The van der Waals surface area contributed by atoms with Crippen LogP contribution >= 0.6 is 11.6 Å². The van der Waals surface area contributed by atoms with E-state index in [1.165, 1.54) is 49.7 Å². The molecule has 0 saturated carbocycles. The van der Waals surface area contributed by atoms with Crippen molar-refractivity contribution < 1.29 is 19.0 Å². The van der Waals surface area contributed by atoms with Crippen LogP contribution in [0.15, 0.2) is 41.4 Å². The molecule has 0 aliphatic heterocycles. The lowest BCUT2D eigenvalue weighted by Gasteiger charge is -2.02. The molecule has 24 heavy (non-hydrogen) atoms. The van der Waals surface area contributed by atoms with Crippen molar-refractivity contribution in [3.05, 3.63) is 58.4 Å². The van der Waals surface area contributed by atoms with Crippen molar-refractivity contribution in [1.82, 2.24) is 4.98 Å². The summed E-state index contributed by atoms with van der Waals surface area (Å²) in [5.74, 6) is -1.08. The van der Waals surface area contributed by atoms with Gasteiger partial charge in [0.05, 0.1) is 28.9 Å². The number of aliphatic imine (C=N–C) groups is 1. The van der Waals surface area contributed by atoms with Gasteiger partial charge in [-0.2, -0.15) is 0 Å². The molecule has 0 atom stereocenters. The Hall–Kier alpha value is -2.86. The van der Waals surface area contributed by atoms with E-state index in [-0.39, 0.29) is 5.88 Å². The molecule has 0 spiro atoms. The number of aromatic hydroxyl groups is 1. The Labute approximate surface area is 141 Å². The number of benzene rings is 2. The number of fused-ring (bicyclic) bond motifs is 1. The second-order valence-electron chi connectivity index (χ2n) is 4.99. The number of nitrogens with one attached hydrogen (secondary N) is 1. The average molecular weight is 347 g/mol. The topological polar surface area (TPSA) is 74.7 Å². The molecule has 7 heteroatoms. The van der Waals surface area contributed by atoms with Crippen LogP contribution in [-0.4, -0.2) is 29.4 Å². The van der Waals surface area contributed by atoms with Crippen LogP contribution < -0.4 is 0 Å². The molecular formula is C17H12ClFN2O3. The molecule has 1 aromatic heterocycles. The van der Waals surface area contributed by atoms with Crippen molar-refractivity contribution in [2.75, 3.05) is 7.11 Å². The van der Waals surface area contributed by atoms with Crippen LogP contribution in [0.5, 0.6) is 5.88 Å². The molecular weight excluding hydrogens is 335 g/mol. The Morgan fingerprint density at radius 2 is 2.12 bits per heavy atom. The van der Waals surface area contributed by atoms with Crippen LogP contribution in [0.1, 0.15) is 15.9 Å². The van der Waals surface area contributed by atoms with Crippen LogP contribution in [0, 0.1) is 5.82 Å². The number of ether oxygens (including phenoxy) is 1. The first-order chi connectivity index (χ1) is 11.5. The van der Waals surface area contributed by atoms with Crippen LogP contribution in [0.2, 0.25) is 5.02 Å². The molecule has 0 bridgehead atoms. The number of esters is 1. The smallest absolute Gasteiger partial charge is 0.337 e. The molecule has 0 aliphatic rings. The van der Waals surface area contributed by atoms with E-state index < -0.39 is 11.8 Å². The number of halogens is 2. The number of hydrogen-bond donors (Lipinski definition) is 2. The molecule has 0 saturated heterocycles. The van der Waals surface area contributed by atoms with Crippen molar-refractivity contribution in [3.8, 4) is 5.88 Å². The Bertz CT molecular complexity index is 966. The van der Waals surface area contributed by atoms with Crippen molar-refractivity contribution in [2.45, 2.75) is 0 Å². The maximum Gasteiger partial charge on any atom is 0.337 e. The Morgan fingerprint density at radius 3 is 2.88 bits per heavy atom. The first-order valence-corrected chi connectivity index (χ1v) is 7.29. The van der Waals surface area contributed by atoms with E-state index in [4.69, 9.17) is 11.6 Å². The first-order valence-electron chi connectivity index (χ1n) is 6.91. The van der Waals surface area contributed by atoms with Gasteiger partial charge in [-0.1, -0.05) is 11.6 Å². The van der Waals surface area contributed by atoms with Crippen molar-refractivity contribution in [3.63, 3.8) is 0 Å². The highest BCUT2D eigenvalue weighted by atomic mass is 35.5. The lowest BCUT2D eigenvalue weighted by Crippen LogP contribution is -2.00. The minimum atomic E-state index is -0.514. The number of nitrogens with zero attached hydrogens (tertiary/aromatic N) is 1. The lowest BCUT2D eigenvalue weighted by molar-refractivity contribution is 0.0601. The zero-order valence-electron chi connectivity index (χ0n) is 12.5. The first kappa shape index (κ1) is 16.0. The van der Waals surface area contributed by atoms with Crippen LogP contribution in [0.25, 0.3) is 10.9 Å². The number of aromatic nitrogens is 1. The van der Waals surface area contributed by atoms with Crippen LogP contribution in [0.4, 0.5) is 10.1 Å². The zero-order chi connectivity index (χ0) is 17.3. The monoisotopic (exact) mass is 346 g/mol. The Balaban J connectivity index is 2.04. The van der Waals surface area contributed by atoms with E-state index in [9.17, 15) is 14.3 Å². The van der Waals surface area contributed by atoms with E-state index in [0.29, 0.717) is 32.7 Å². The van der Waals surface area contributed by atoms with Crippen molar-refractivity contribution >= 4 is 40.4 Å². The third-order valence-electron chi connectivity index (χ3n) is 3.48. The third kappa shape index (κ3) is 2.96. The number of methoxy groups -OCH3 is 1. The molecule has 5 nitrogen and oxygen atoms in total. The summed E-state index contributed by atoms with van der Waals surface area (Å²) in [6.45, 7) is 0. The molecule has 0 fully saturated rings. The maximum absolute atomic E-state index is 13.4. The maximum atomic E-state index is 13.4. The van der Waals surface area contributed by atoms with Crippen molar-refractivity contribution in [1.29, 1.82) is 0 Å². The summed E-state index contributed by atoms with van der Waals surface area (Å²) >= 11 is 6.07. The predicted octanol–water partition coefficient (Wildman–Crippen LogP) is 4.20. The SMILES string of the molecule is COC(=O)c1ccc(Cl)c(N=Cc2c(O)[nH]c3ccc(F)cc23)c1. The van der Waals surface area contributed by atoms with Gasteiger partial charge in [0.1, 0.15) is 5.82 Å². The molecule has 3 aromatic rings. The van der Waals surface area contributed by atoms with E-state index in [0.717, 1.165) is 0 Å². The molecule has 0 unspecified atom stereocenters. The number of aromatic amines is 1. The standard InChI is InChI=1S/C17H12ClFN2O3/c1-24-17(23)9-2-4-13(18)15(6-9)20-8-12-11-7-10(19)3-5-14(11)21-16(12)22/h2-8,21-22H,1H3. The van der Waals surface area contributed by atoms with Crippen LogP contribution in [0.3, 0.4) is 0 Å². The van der Waals surface area contributed by atoms with E-state index in [1.54, 1.807) is 0 Å². The summed E-state index contributed by atoms with van der Waals surface area (Å²) in [6, 6.07) is 8.61. The van der Waals surface area contributed by atoms with Gasteiger partial charge in [-0.15, -0.1) is 0 Å². The molecule has 0 aliphatic carbocycles. The normalized spacial score (nSPS) is 11.3. The number of rotatable bonds is 3. The second-order valence-corrected chi connectivity index (χ2v) is 5.40. The zero-order valence-corrected chi connectivity index (χ0v) is 13.3. The quantitative estimate of drug-likeness (QED) is 0.551.